The number of nitrogens with one attached hydrogen (secondary N) is 1. The summed E-state index contributed by atoms with van der Waals surface area (Å²) in [5.41, 5.74) is 12.8. The highest BCUT2D eigenvalue weighted by atomic mass is 32.1. The number of ether oxygens (including phenoxy) is 1. The topological polar surface area (TPSA) is 150 Å². The van der Waals surface area contributed by atoms with E-state index < -0.39 is 11.6 Å². The van der Waals surface area contributed by atoms with Crippen molar-refractivity contribution in [2.45, 2.75) is 64.3 Å². The van der Waals surface area contributed by atoms with Gasteiger partial charge in [-0.2, -0.15) is 20.5 Å². The van der Waals surface area contributed by atoms with Crippen molar-refractivity contribution in [3.63, 3.8) is 0 Å². The van der Waals surface area contributed by atoms with Crippen molar-refractivity contribution >= 4 is 48.7 Å². The number of nitriles is 2. The second-order valence-corrected chi connectivity index (χ2v) is 14.3. The maximum Gasteiger partial charge on any atom is 0.319 e. The molecule has 0 radical (unpaired) electrons. The fourth-order valence-corrected chi connectivity index (χ4v) is 8.51. The van der Waals surface area contributed by atoms with E-state index in [9.17, 15) is 14.9 Å². The molecule has 1 atom stereocenters. The highest BCUT2D eigenvalue weighted by Crippen LogP contribution is 2.46. The van der Waals surface area contributed by atoms with E-state index in [-0.39, 0.29) is 71.2 Å². The summed E-state index contributed by atoms with van der Waals surface area (Å²) in [6.45, 7) is 12.9. The Labute approximate surface area is 283 Å². The van der Waals surface area contributed by atoms with Gasteiger partial charge in [-0.3, -0.25) is 4.90 Å². The maximum absolute atomic E-state index is 16.6. The molecule has 5 N–H and O–H groups in total. The van der Waals surface area contributed by atoms with E-state index in [0.29, 0.717) is 12.2 Å². The van der Waals surface area contributed by atoms with Gasteiger partial charge in [0, 0.05) is 16.5 Å². The van der Waals surface area contributed by atoms with Gasteiger partial charge in [0.25, 0.3) is 0 Å². The largest absolute Gasteiger partial charge is 0.461 e. The summed E-state index contributed by atoms with van der Waals surface area (Å²) < 4.78 is 37.6. The van der Waals surface area contributed by atoms with E-state index in [0.717, 1.165) is 62.1 Å². The first-order valence-electron chi connectivity index (χ1n) is 16.5. The minimum absolute atomic E-state index is 0.0120. The van der Waals surface area contributed by atoms with Crippen LogP contribution in [0.3, 0.4) is 0 Å². The molecule has 1 unspecified atom stereocenters. The van der Waals surface area contributed by atoms with Gasteiger partial charge in [0.1, 0.15) is 40.9 Å². The zero-order chi connectivity index (χ0) is 34.2. The third-order valence-corrected chi connectivity index (χ3v) is 10.9. The molecule has 0 spiro atoms. The number of nitrogen functional groups attached to an aromatic ring is 2. The number of halogens is 2. The van der Waals surface area contributed by atoms with Gasteiger partial charge in [-0.25, -0.2) is 8.78 Å². The molecule has 12 heteroatoms. The van der Waals surface area contributed by atoms with E-state index in [1.54, 1.807) is 6.92 Å². The van der Waals surface area contributed by atoms with E-state index in [1.165, 1.54) is 38.4 Å². The van der Waals surface area contributed by atoms with Gasteiger partial charge in [-0.15, -0.1) is 11.3 Å². The number of hydrogen-bond donors (Lipinski definition) is 3. The second kappa shape index (κ2) is 13.6. The molecule has 0 aliphatic carbocycles. The smallest absolute Gasteiger partial charge is 0.319 e. The summed E-state index contributed by atoms with van der Waals surface area (Å²) in [4.78, 5) is 11.2. The van der Waals surface area contributed by atoms with Gasteiger partial charge in [0.2, 0.25) is 0 Å². The molecule has 4 aromatic rings. The fraction of sp³-hybridized carbons (Fsp3) is 0.444. The summed E-state index contributed by atoms with van der Waals surface area (Å²) >= 11 is 0.890. The molecule has 3 aliphatic rings. The Hall–Kier alpha value is -4.36. The molecule has 0 amide bonds. The van der Waals surface area contributed by atoms with Gasteiger partial charge in [0.05, 0.1) is 26.8 Å². The monoisotopic (exact) mass is 670 g/mol. The van der Waals surface area contributed by atoms with Crippen LogP contribution in [-0.2, 0) is 0 Å². The maximum atomic E-state index is 16.6. The highest BCUT2D eigenvalue weighted by molar-refractivity contribution is 7.23. The molecule has 3 aliphatic heterocycles. The third-order valence-electron chi connectivity index (χ3n) is 9.91. The third kappa shape index (κ3) is 5.94. The average Bonchev–Trinajstić information content (AvgIpc) is 3.69. The van der Waals surface area contributed by atoms with Crippen molar-refractivity contribution in [1.29, 1.82) is 10.5 Å². The Balaban J connectivity index is 0.000000441. The summed E-state index contributed by atoms with van der Waals surface area (Å²) in [6, 6.07) is 6.51. The molecule has 2 aromatic carbocycles. The van der Waals surface area contributed by atoms with Crippen LogP contribution in [0, 0.1) is 40.2 Å². The summed E-state index contributed by atoms with van der Waals surface area (Å²) in [5, 5.41) is 23.8. The Morgan fingerprint density at radius 3 is 2.52 bits per heavy atom. The number of nitrogens with two attached hydrogens (primary N) is 2. The number of aromatic nitrogens is 2. The highest BCUT2D eigenvalue weighted by Gasteiger charge is 2.45. The molecule has 7 rings (SSSR count). The van der Waals surface area contributed by atoms with Gasteiger partial charge in [-0.1, -0.05) is 26.0 Å². The van der Waals surface area contributed by atoms with Crippen LogP contribution in [0.25, 0.3) is 37.7 Å². The molecule has 0 bridgehead atoms. The molecular weight excluding hydrogens is 631 g/mol. The SMILES string of the molecule is C=C(C)c1c(C#N)c(-c2ccc(F)c3sc(N)c(C#N)c23)c(F)c2nc(OCC34CCCN3CCC4)nc(N)c12.CC1CCCCNC1. The predicted molar refractivity (Wildman–Crippen MR) is 187 cm³/mol. The number of hydrogen-bond acceptors (Lipinski definition) is 10. The van der Waals surface area contributed by atoms with Crippen LogP contribution in [0.2, 0.25) is 0 Å². The van der Waals surface area contributed by atoms with Crippen molar-refractivity contribution in [3.8, 4) is 29.3 Å². The molecule has 5 heterocycles. The van der Waals surface area contributed by atoms with Crippen LogP contribution in [0.4, 0.5) is 19.6 Å². The minimum atomic E-state index is -0.862. The van der Waals surface area contributed by atoms with Crippen molar-refractivity contribution in [1.82, 2.24) is 20.2 Å². The standard InChI is InChI=1S/C29H25F2N7OS.C7H15N/c1-14(2)19-16(11-32)20(15-5-6-18(30)25-21(15)17(12-33)27(35)40-25)23(31)24-22(19)26(34)37-28(36-24)39-13-29-7-3-9-38(29)10-4-8-29;1-7-4-2-3-5-8-6-7/h5-6H,1,3-4,7-10,13,35H2,2H3,(H2,34,36,37);7-8H,2-6H2,1H3. The Bertz CT molecular complexity index is 1980. The number of nitrogens with zero attached hydrogens (tertiary/aromatic N) is 5. The van der Waals surface area contributed by atoms with Crippen LogP contribution in [0.5, 0.6) is 6.01 Å². The number of thiophene rings is 1. The fourth-order valence-electron chi connectivity index (χ4n) is 7.56. The zero-order valence-electron chi connectivity index (χ0n) is 27.4. The number of rotatable bonds is 5. The quantitative estimate of drug-likeness (QED) is 0.201. The van der Waals surface area contributed by atoms with Crippen molar-refractivity contribution in [3.05, 3.63) is 47.0 Å². The molecule has 250 valence electrons. The van der Waals surface area contributed by atoms with Gasteiger partial charge in [-0.05, 0) is 94.7 Å². The first kappa shape index (κ1) is 33.5. The summed E-state index contributed by atoms with van der Waals surface area (Å²) in [6.07, 6.45) is 8.41. The van der Waals surface area contributed by atoms with Crippen molar-refractivity contribution in [2.24, 2.45) is 5.92 Å². The van der Waals surface area contributed by atoms with E-state index >= 15 is 4.39 Å². The van der Waals surface area contributed by atoms with E-state index in [4.69, 9.17) is 16.2 Å². The molecule has 2 aromatic heterocycles. The Morgan fingerprint density at radius 1 is 1.10 bits per heavy atom. The van der Waals surface area contributed by atoms with Gasteiger partial charge >= 0.3 is 6.01 Å². The van der Waals surface area contributed by atoms with E-state index in [2.05, 4.69) is 39.8 Å². The van der Waals surface area contributed by atoms with Crippen molar-refractivity contribution in [2.75, 3.05) is 44.3 Å². The van der Waals surface area contributed by atoms with Crippen LogP contribution < -0.4 is 21.5 Å². The van der Waals surface area contributed by atoms with Crippen LogP contribution in [0.1, 0.15) is 75.5 Å². The number of benzene rings is 2. The number of allylic oxidation sites excluding steroid dienone is 1. The lowest BCUT2D eigenvalue weighted by Gasteiger charge is -2.31. The lowest BCUT2D eigenvalue weighted by Crippen LogP contribution is -2.43. The van der Waals surface area contributed by atoms with Crippen LogP contribution in [-0.4, -0.2) is 53.2 Å². The molecule has 3 saturated heterocycles. The lowest BCUT2D eigenvalue weighted by molar-refractivity contribution is 0.108. The average molecular weight is 671 g/mol. The van der Waals surface area contributed by atoms with Gasteiger partial charge < -0.3 is 21.5 Å². The Morgan fingerprint density at radius 2 is 1.83 bits per heavy atom. The van der Waals surface area contributed by atoms with E-state index in [1.807, 2.05) is 6.07 Å². The first-order valence-corrected chi connectivity index (χ1v) is 17.3. The van der Waals surface area contributed by atoms with Crippen LogP contribution in [0.15, 0.2) is 18.7 Å². The predicted octanol–water partition coefficient (Wildman–Crippen LogP) is 7.13. The molecule has 48 heavy (non-hydrogen) atoms. The first-order chi connectivity index (χ1) is 23.1. The molecule has 9 nitrogen and oxygen atoms in total. The molecular formula is C36H40F2N8OS. The van der Waals surface area contributed by atoms with Crippen LogP contribution >= 0.6 is 11.3 Å². The number of fused-ring (bicyclic) bond motifs is 3. The second-order valence-electron chi connectivity index (χ2n) is 13.2. The molecule has 0 saturated carbocycles. The summed E-state index contributed by atoms with van der Waals surface area (Å²) in [7, 11) is 0. The normalized spacial score (nSPS) is 18.8. The molecule has 3 fully saturated rings. The van der Waals surface area contributed by atoms with Crippen molar-refractivity contribution < 1.29 is 13.5 Å². The van der Waals surface area contributed by atoms with Gasteiger partial charge in [0.15, 0.2) is 5.82 Å². The summed E-state index contributed by atoms with van der Waals surface area (Å²) in [5.74, 6) is -0.601. The minimum Gasteiger partial charge on any atom is -0.461 e. The lowest BCUT2D eigenvalue weighted by atomic mass is 9.87. The zero-order valence-corrected chi connectivity index (χ0v) is 28.2. The number of anilines is 2. The Kier molecular flexibility index (Phi) is 9.53.